The summed E-state index contributed by atoms with van der Waals surface area (Å²) in [4.78, 5) is 6.68. The number of fused-ring (bicyclic) bond motifs is 1. The summed E-state index contributed by atoms with van der Waals surface area (Å²) in [6.45, 7) is 6.62. The number of anilines is 1. The Morgan fingerprint density at radius 3 is 2.73 bits per heavy atom. The molecule has 2 aromatic heterocycles. The van der Waals surface area contributed by atoms with Gasteiger partial charge in [0.1, 0.15) is 11.3 Å². The van der Waals surface area contributed by atoms with Crippen LogP contribution in [0, 0.1) is 19.8 Å². The normalized spacial score (nSPS) is 15.5. The van der Waals surface area contributed by atoms with Gasteiger partial charge in [0, 0.05) is 26.1 Å². The molecule has 6 heteroatoms. The maximum atomic E-state index is 5.93. The zero-order valence-corrected chi connectivity index (χ0v) is 15.3. The van der Waals surface area contributed by atoms with Gasteiger partial charge in [-0.25, -0.2) is 4.98 Å². The van der Waals surface area contributed by atoms with Crippen molar-refractivity contribution < 1.29 is 9.15 Å². The summed E-state index contributed by atoms with van der Waals surface area (Å²) >= 11 is 0. The Bertz CT molecular complexity index is 867. The van der Waals surface area contributed by atoms with E-state index in [4.69, 9.17) is 9.15 Å². The van der Waals surface area contributed by atoms with Crippen LogP contribution in [0.25, 0.3) is 11.1 Å². The van der Waals surface area contributed by atoms with Gasteiger partial charge in [0.15, 0.2) is 17.3 Å². The van der Waals surface area contributed by atoms with Crippen LogP contribution in [0.15, 0.2) is 34.7 Å². The number of oxazole rings is 1. The van der Waals surface area contributed by atoms with Gasteiger partial charge in [-0.2, -0.15) is 5.10 Å². The third kappa shape index (κ3) is 3.79. The molecule has 0 saturated carbocycles. The first-order valence-corrected chi connectivity index (χ1v) is 9.22. The van der Waals surface area contributed by atoms with Crippen LogP contribution in [0.5, 0.6) is 5.75 Å². The minimum absolute atomic E-state index is 0.683. The van der Waals surface area contributed by atoms with E-state index in [0.29, 0.717) is 11.8 Å². The van der Waals surface area contributed by atoms with Gasteiger partial charge in [0.2, 0.25) is 0 Å². The van der Waals surface area contributed by atoms with Gasteiger partial charge in [-0.05, 0) is 56.4 Å². The van der Waals surface area contributed by atoms with Crippen molar-refractivity contribution in [2.45, 2.75) is 33.1 Å². The largest absolute Gasteiger partial charge is 0.494 e. The number of hydrogen-bond acceptors (Lipinski definition) is 6. The zero-order chi connectivity index (χ0) is 17.9. The lowest BCUT2D eigenvalue weighted by atomic mass is 9.94. The highest BCUT2D eigenvalue weighted by atomic mass is 16.5. The van der Waals surface area contributed by atoms with E-state index in [1.165, 1.54) is 12.8 Å². The van der Waals surface area contributed by atoms with Crippen LogP contribution in [0.2, 0.25) is 0 Å². The number of ether oxygens (including phenoxy) is 1. The molecule has 0 radical (unpaired) electrons. The first-order valence-electron chi connectivity index (χ1n) is 9.22. The van der Waals surface area contributed by atoms with E-state index in [9.17, 15) is 0 Å². The van der Waals surface area contributed by atoms with Crippen molar-refractivity contribution in [1.29, 1.82) is 0 Å². The molecule has 3 aromatic rings. The summed E-state index contributed by atoms with van der Waals surface area (Å²) in [5.74, 6) is 3.23. The van der Waals surface area contributed by atoms with Crippen molar-refractivity contribution in [3.63, 3.8) is 0 Å². The molecule has 1 fully saturated rings. The Kier molecular flexibility index (Phi) is 4.73. The predicted molar refractivity (Wildman–Crippen MR) is 101 cm³/mol. The van der Waals surface area contributed by atoms with Crippen LogP contribution in [0.4, 0.5) is 5.82 Å². The molecular formula is C20H24N4O2. The molecule has 0 N–H and O–H groups in total. The molecule has 0 bridgehead atoms. The number of rotatable bonds is 5. The van der Waals surface area contributed by atoms with Crippen LogP contribution in [-0.4, -0.2) is 34.9 Å². The lowest BCUT2D eigenvalue weighted by Gasteiger charge is -2.32. The van der Waals surface area contributed by atoms with E-state index < -0.39 is 0 Å². The molecule has 136 valence electrons. The van der Waals surface area contributed by atoms with E-state index in [1.54, 1.807) is 0 Å². The van der Waals surface area contributed by atoms with Crippen molar-refractivity contribution in [1.82, 2.24) is 15.2 Å². The molecule has 6 nitrogen and oxygen atoms in total. The average Bonchev–Trinajstić information content (AvgIpc) is 3.02. The summed E-state index contributed by atoms with van der Waals surface area (Å²) < 4.78 is 11.4. The summed E-state index contributed by atoms with van der Waals surface area (Å²) in [6.07, 6.45) is 3.41. The highest BCUT2D eigenvalue weighted by Crippen LogP contribution is 2.25. The molecule has 0 spiro atoms. The second-order valence-corrected chi connectivity index (χ2v) is 6.96. The van der Waals surface area contributed by atoms with Crippen molar-refractivity contribution in [3.8, 4) is 5.75 Å². The fourth-order valence-corrected chi connectivity index (χ4v) is 3.47. The molecule has 3 heterocycles. The van der Waals surface area contributed by atoms with E-state index in [0.717, 1.165) is 54.5 Å². The smallest absolute Gasteiger partial charge is 0.192 e. The maximum Gasteiger partial charge on any atom is 0.192 e. The van der Waals surface area contributed by atoms with Crippen molar-refractivity contribution in [3.05, 3.63) is 41.9 Å². The highest BCUT2D eigenvalue weighted by Gasteiger charge is 2.20. The SMILES string of the molecule is Cc1ccc(N2CCC(CCOc3ccc4oc(C)nc4c3)CC2)nn1. The first kappa shape index (κ1) is 16.8. The third-order valence-corrected chi connectivity index (χ3v) is 4.98. The van der Waals surface area contributed by atoms with Crippen LogP contribution >= 0.6 is 0 Å². The zero-order valence-electron chi connectivity index (χ0n) is 15.3. The van der Waals surface area contributed by atoms with E-state index in [2.05, 4.69) is 26.1 Å². The molecule has 1 aliphatic heterocycles. The van der Waals surface area contributed by atoms with Crippen LogP contribution in [-0.2, 0) is 0 Å². The van der Waals surface area contributed by atoms with Gasteiger partial charge in [0.25, 0.3) is 0 Å². The summed E-state index contributed by atoms with van der Waals surface area (Å²) in [7, 11) is 0. The number of aryl methyl sites for hydroxylation is 2. The van der Waals surface area contributed by atoms with Crippen molar-refractivity contribution >= 4 is 16.9 Å². The molecule has 26 heavy (non-hydrogen) atoms. The second kappa shape index (κ2) is 7.32. The Morgan fingerprint density at radius 1 is 1.12 bits per heavy atom. The molecule has 0 unspecified atom stereocenters. The third-order valence-electron chi connectivity index (χ3n) is 4.98. The number of benzene rings is 1. The predicted octanol–water partition coefficient (Wildman–Crippen LogP) is 3.92. The molecule has 0 amide bonds. The Morgan fingerprint density at radius 2 is 1.96 bits per heavy atom. The van der Waals surface area contributed by atoms with Gasteiger partial charge in [-0.3, -0.25) is 0 Å². The topological polar surface area (TPSA) is 64.3 Å². The molecule has 4 rings (SSSR count). The molecule has 1 saturated heterocycles. The van der Waals surface area contributed by atoms with E-state index >= 15 is 0 Å². The number of nitrogens with zero attached hydrogens (tertiary/aromatic N) is 4. The summed E-state index contributed by atoms with van der Waals surface area (Å²) in [5, 5.41) is 8.45. The molecular weight excluding hydrogens is 328 g/mol. The standard InChI is InChI=1S/C20H24N4O2/c1-14-3-6-20(23-22-14)24-10-7-16(8-11-24)9-12-25-17-4-5-19-18(13-17)21-15(2)26-19/h3-6,13,16H,7-12H2,1-2H3. The molecule has 1 aromatic carbocycles. The number of hydrogen-bond donors (Lipinski definition) is 0. The van der Waals surface area contributed by atoms with Crippen molar-refractivity contribution in [2.24, 2.45) is 5.92 Å². The van der Waals surface area contributed by atoms with Gasteiger partial charge < -0.3 is 14.1 Å². The van der Waals surface area contributed by atoms with Crippen LogP contribution < -0.4 is 9.64 Å². The fraction of sp³-hybridized carbons (Fsp3) is 0.450. The molecule has 0 atom stereocenters. The first-order chi connectivity index (χ1) is 12.7. The minimum Gasteiger partial charge on any atom is -0.494 e. The van der Waals surface area contributed by atoms with Crippen LogP contribution in [0.1, 0.15) is 30.8 Å². The van der Waals surface area contributed by atoms with Gasteiger partial charge in [0.05, 0.1) is 12.3 Å². The fourth-order valence-electron chi connectivity index (χ4n) is 3.47. The lowest BCUT2D eigenvalue weighted by molar-refractivity contribution is 0.258. The summed E-state index contributed by atoms with van der Waals surface area (Å²) in [5.41, 5.74) is 2.62. The van der Waals surface area contributed by atoms with Crippen molar-refractivity contribution in [2.75, 3.05) is 24.6 Å². The monoisotopic (exact) mass is 352 g/mol. The maximum absolute atomic E-state index is 5.93. The minimum atomic E-state index is 0.683. The highest BCUT2D eigenvalue weighted by molar-refractivity contribution is 5.74. The quantitative estimate of drug-likeness (QED) is 0.693. The molecule has 1 aliphatic rings. The van der Waals surface area contributed by atoms with Gasteiger partial charge in [-0.1, -0.05) is 0 Å². The number of aromatic nitrogens is 3. The Labute approximate surface area is 153 Å². The van der Waals surface area contributed by atoms with Crippen LogP contribution in [0.3, 0.4) is 0 Å². The number of piperidine rings is 1. The Hall–Kier alpha value is -2.63. The molecule has 0 aliphatic carbocycles. The van der Waals surface area contributed by atoms with E-state index in [1.807, 2.05) is 38.1 Å². The van der Waals surface area contributed by atoms with Gasteiger partial charge >= 0.3 is 0 Å². The van der Waals surface area contributed by atoms with Gasteiger partial charge in [-0.15, -0.1) is 5.10 Å². The Balaban J connectivity index is 1.24. The second-order valence-electron chi connectivity index (χ2n) is 6.96. The lowest BCUT2D eigenvalue weighted by Crippen LogP contribution is -2.34. The average molecular weight is 352 g/mol. The summed E-state index contributed by atoms with van der Waals surface area (Å²) in [6, 6.07) is 9.91. The van der Waals surface area contributed by atoms with E-state index in [-0.39, 0.29) is 0 Å².